The van der Waals surface area contributed by atoms with Crippen molar-refractivity contribution >= 4 is 17.9 Å². The summed E-state index contributed by atoms with van der Waals surface area (Å²) >= 11 is 0. The van der Waals surface area contributed by atoms with Gasteiger partial charge < -0.3 is 14.8 Å². The molecule has 0 aromatic heterocycles. The number of nitrogens with one attached hydrogen (secondary N) is 2. The van der Waals surface area contributed by atoms with E-state index in [-0.39, 0.29) is 5.41 Å². The van der Waals surface area contributed by atoms with E-state index in [9.17, 15) is 4.79 Å². The van der Waals surface area contributed by atoms with E-state index in [1.807, 2.05) is 54.6 Å². The molecule has 166 valence electrons. The van der Waals surface area contributed by atoms with Gasteiger partial charge in [0.1, 0.15) is 24.7 Å². The number of ether oxygens (including phenoxy) is 2. The summed E-state index contributed by atoms with van der Waals surface area (Å²) in [4.78, 5) is 11.9. The summed E-state index contributed by atoms with van der Waals surface area (Å²) in [6.07, 6.45) is 1.55. The summed E-state index contributed by atoms with van der Waals surface area (Å²) in [5, 5.41) is 6.70. The fourth-order valence-corrected chi connectivity index (χ4v) is 2.92. The number of hydrazone groups is 1. The van der Waals surface area contributed by atoms with Crippen LogP contribution in [0.4, 0.5) is 10.5 Å². The van der Waals surface area contributed by atoms with E-state index in [2.05, 4.69) is 48.7 Å². The number of urea groups is 1. The first kappa shape index (κ1) is 22.9. The van der Waals surface area contributed by atoms with Crippen molar-refractivity contribution in [2.24, 2.45) is 5.10 Å². The number of anilines is 1. The zero-order valence-electron chi connectivity index (χ0n) is 18.7. The quantitative estimate of drug-likeness (QED) is 0.277. The van der Waals surface area contributed by atoms with Gasteiger partial charge in [-0.25, -0.2) is 10.2 Å². The molecular weight excluding hydrogens is 402 g/mol. The third-order valence-electron chi connectivity index (χ3n) is 4.65. The first-order valence-electron chi connectivity index (χ1n) is 10.5. The third kappa shape index (κ3) is 7.16. The molecule has 0 fully saturated rings. The molecule has 2 amide bonds. The van der Waals surface area contributed by atoms with Crippen LogP contribution in [0.5, 0.6) is 11.5 Å². The minimum absolute atomic E-state index is 0.115. The first-order chi connectivity index (χ1) is 15.4. The Hall–Kier alpha value is -3.80. The van der Waals surface area contributed by atoms with Gasteiger partial charge in [0.05, 0.1) is 6.21 Å². The van der Waals surface area contributed by atoms with E-state index in [4.69, 9.17) is 9.47 Å². The lowest BCUT2D eigenvalue weighted by Gasteiger charge is -2.19. The van der Waals surface area contributed by atoms with Crippen LogP contribution in [-0.2, 0) is 5.41 Å². The second kappa shape index (κ2) is 11.0. The number of hydrogen-bond acceptors (Lipinski definition) is 4. The molecule has 0 atom stereocenters. The molecule has 0 spiro atoms. The molecule has 0 heterocycles. The highest BCUT2D eigenvalue weighted by Crippen LogP contribution is 2.24. The topological polar surface area (TPSA) is 72.0 Å². The molecule has 0 aliphatic carbocycles. The van der Waals surface area contributed by atoms with Crippen molar-refractivity contribution < 1.29 is 14.3 Å². The minimum Gasteiger partial charge on any atom is -0.490 e. The molecular formula is C26H29N3O3. The lowest BCUT2D eigenvalue weighted by Crippen LogP contribution is -2.24. The van der Waals surface area contributed by atoms with Crippen LogP contribution in [0.3, 0.4) is 0 Å². The Balaban J connectivity index is 1.46. The maximum absolute atomic E-state index is 11.9. The van der Waals surface area contributed by atoms with Gasteiger partial charge in [0.25, 0.3) is 0 Å². The highest BCUT2D eigenvalue weighted by Gasteiger charge is 2.13. The first-order valence-corrected chi connectivity index (χ1v) is 10.5. The minimum atomic E-state index is -0.420. The Morgan fingerprint density at radius 1 is 0.875 bits per heavy atom. The monoisotopic (exact) mass is 431 g/mol. The molecule has 0 saturated heterocycles. The van der Waals surface area contributed by atoms with Gasteiger partial charge in [-0.2, -0.15) is 5.10 Å². The average Bonchev–Trinajstić information content (AvgIpc) is 2.78. The number of amides is 2. The van der Waals surface area contributed by atoms with Crippen LogP contribution >= 0.6 is 0 Å². The second-order valence-electron chi connectivity index (χ2n) is 8.20. The van der Waals surface area contributed by atoms with Crippen LogP contribution in [0, 0.1) is 0 Å². The van der Waals surface area contributed by atoms with Gasteiger partial charge >= 0.3 is 6.03 Å². The molecule has 3 aromatic rings. The third-order valence-corrected chi connectivity index (χ3v) is 4.65. The van der Waals surface area contributed by atoms with Gasteiger partial charge in [0.15, 0.2) is 0 Å². The Bertz CT molecular complexity index is 1030. The van der Waals surface area contributed by atoms with Crippen molar-refractivity contribution in [3.8, 4) is 11.5 Å². The van der Waals surface area contributed by atoms with E-state index >= 15 is 0 Å². The summed E-state index contributed by atoms with van der Waals surface area (Å²) in [7, 11) is 0. The Morgan fingerprint density at radius 3 is 2.25 bits per heavy atom. The van der Waals surface area contributed by atoms with Gasteiger partial charge in [-0.15, -0.1) is 0 Å². The number of carbonyl (C=O) groups is 1. The maximum Gasteiger partial charge on any atom is 0.339 e. The largest absolute Gasteiger partial charge is 0.490 e. The fraction of sp³-hybridized carbons (Fsp3) is 0.231. The van der Waals surface area contributed by atoms with Crippen molar-refractivity contribution in [1.82, 2.24) is 5.43 Å². The SMILES string of the molecule is CC(C)(C)c1ccc(OCCOc2ccccc2/C=N/NC(=O)Nc2ccccc2)cc1. The van der Waals surface area contributed by atoms with Gasteiger partial charge in [0.2, 0.25) is 0 Å². The van der Waals surface area contributed by atoms with Crippen molar-refractivity contribution in [1.29, 1.82) is 0 Å². The average molecular weight is 432 g/mol. The predicted octanol–water partition coefficient (Wildman–Crippen LogP) is 5.60. The van der Waals surface area contributed by atoms with Crippen LogP contribution < -0.4 is 20.2 Å². The van der Waals surface area contributed by atoms with E-state index in [1.165, 1.54) is 5.56 Å². The molecule has 6 heteroatoms. The second-order valence-corrected chi connectivity index (χ2v) is 8.20. The standard InChI is InChI=1S/C26H29N3O3/c1-26(2,3)21-13-15-23(16-14-21)31-17-18-32-24-12-8-7-9-20(24)19-27-29-25(30)28-22-10-5-4-6-11-22/h4-16,19H,17-18H2,1-3H3,(H2,28,29,30)/b27-19+. The molecule has 0 bridgehead atoms. The Kier molecular flexibility index (Phi) is 7.86. The number of hydrogen-bond donors (Lipinski definition) is 2. The van der Waals surface area contributed by atoms with Crippen molar-refractivity contribution in [3.05, 3.63) is 90.0 Å². The zero-order chi connectivity index (χ0) is 22.8. The van der Waals surface area contributed by atoms with Crippen molar-refractivity contribution in [3.63, 3.8) is 0 Å². The fourth-order valence-electron chi connectivity index (χ4n) is 2.92. The number of para-hydroxylation sites is 2. The lowest BCUT2D eigenvalue weighted by molar-refractivity contribution is 0.217. The van der Waals surface area contributed by atoms with E-state index in [0.717, 1.165) is 11.3 Å². The molecule has 3 rings (SSSR count). The molecule has 0 aliphatic rings. The zero-order valence-corrected chi connectivity index (χ0v) is 18.7. The smallest absolute Gasteiger partial charge is 0.339 e. The van der Waals surface area contributed by atoms with Crippen LogP contribution in [0.25, 0.3) is 0 Å². The van der Waals surface area contributed by atoms with Crippen molar-refractivity contribution in [2.45, 2.75) is 26.2 Å². The molecule has 3 aromatic carbocycles. The number of carbonyl (C=O) groups excluding carboxylic acids is 1. The lowest BCUT2D eigenvalue weighted by atomic mass is 9.87. The molecule has 0 radical (unpaired) electrons. The predicted molar refractivity (Wildman–Crippen MR) is 129 cm³/mol. The van der Waals surface area contributed by atoms with Crippen LogP contribution in [-0.4, -0.2) is 25.5 Å². The summed E-state index contributed by atoms with van der Waals surface area (Å²) in [6.45, 7) is 7.35. The van der Waals surface area contributed by atoms with Gasteiger partial charge in [0, 0.05) is 11.3 Å². The van der Waals surface area contributed by atoms with Gasteiger partial charge in [-0.1, -0.05) is 63.2 Å². The summed E-state index contributed by atoms with van der Waals surface area (Å²) in [6, 6.07) is 24.4. The number of nitrogens with zero attached hydrogens (tertiary/aromatic N) is 1. The van der Waals surface area contributed by atoms with E-state index in [0.29, 0.717) is 24.7 Å². The van der Waals surface area contributed by atoms with E-state index < -0.39 is 6.03 Å². The van der Waals surface area contributed by atoms with Gasteiger partial charge in [-0.05, 0) is 47.4 Å². The van der Waals surface area contributed by atoms with Crippen molar-refractivity contribution in [2.75, 3.05) is 18.5 Å². The summed E-state index contributed by atoms with van der Waals surface area (Å²) in [5.74, 6) is 1.47. The Labute approximate surface area is 189 Å². The molecule has 0 unspecified atom stereocenters. The summed E-state index contributed by atoms with van der Waals surface area (Å²) in [5.41, 5.74) is 5.27. The number of benzene rings is 3. The van der Waals surface area contributed by atoms with Crippen LogP contribution in [0.15, 0.2) is 84.0 Å². The highest BCUT2D eigenvalue weighted by atomic mass is 16.5. The summed E-state index contributed by atoms with van der Waals surface area (Å²) < 4.78 is 11.6. The van der Waals surface area contributed by atoms with Crippen LogP contribution in [0.1, 0.15) is 31.9 Å². The van der Waals surface area contributed by atoms with Gasteiger partial charge in [-0.3, -0.25) is 0 Å². The molecule has 32 heavy (non-hydrogen) atoms. The molecule has 0 aliphatic heterocycles. The normalized spacial score (nSPS) is 11.2. The molecule has 0 saturated carbocycles. The molecule has 2 N–H and O–H groups in total. The highest BCUT2D eigenvalue weighted by molar-refractivity contribution is 5.90. The maximum atomic E-state index is 11.9. The number of rotatable bonds is 8. The van der Waals surface area contributed by atoms with E-state index in [1.54, 1.807) is 18.3 Å². The Morgan fingerprint density at radius 2 is 1.53 bits per heavy atom. The molecule has 6 nitrogen and oxygen atoms in total. The van der Waals surface area contributed by atoms with Crippen LogP contribution in [0.2, 0.25) is 0 Å².